The summed E-state index contributed by atoms with van der Waals surface area (Å²) >= 11 is 0. The number of benzene rings is 1. The second-order valence-electron chi connectivity index (χ2n) is 6.28. The van der Waals surface area contributed by atoms with Crippen LogP contribution in [0.4, 0.5) is 0 Å². The summed E-state index contributed by atoms with van der Waals surface area (Å²) in [5.74, 6) is 1.23. The van der Waals surface area contributed by atoms with E-state index in [4.69, 9.17) is 4.74 Å². The summed E-state index contributed by atoms with van der Waals surface area (Å²) in [6, 6.07) is 7.44. The largest absolute Gasteiger partial charge is 0.486 e. The van der Waals surface area contributed by atoms with Crippen LogP contribution in [0.2, 0.25) is 0 Å². The number of nitrogens with one attached hydrogen (secondary N) is 1. The van der Waals surface area contributed by atoms with Crippen molar-refractivity contribution in [2.24, 2.45) is 0 Å². The number of aryl methyl sites for hydroxylation is 1. The van der Waals surface area contributed by atoms with Crippen molar-refractivity contribution in [3.63, 3.8) is 0 Å². The molecular formula is C17H24N6O2. The lowest BCUT2D eigenvalue weighted by Crippen LogP contribution is -2.43. The van der Waals surface area contributed by atoms with Gasteiger partial charge in [-0.15, -0.1) is 5.10 Å². The van der Waals surface area contributed by atoms with E-state index in [2.05, 4.69) is 32.8 Å². The standard InChI is InChI=1S/C17H24N6O2/c1-3-23-16(19-20-21-23)12-25-15-6-4-5-13(11-15)17(24)18-14-7-9-22(2)10-8-14/h4-6,11,14H,3,7-10,12H2,1-2H3,(H,18,24). The van der Waals surface area contributed by atoms with Gasteiger partial charge < -0.3 is 15.0 Å². The van der Waals surface area contributed by atoms with Crippen LogP contribution in [0.1, 0.15) is 35.9 Å². The number of ether oxygens (including phenoxy) is 1. The molecule has 0 radical (unpaired) electrons. The maximum Gasteiger partial charge on any atom is 0.251 e. The molecular weight excluding hydrogens is 320 g/mol. The maximum absolute atomic E-state index is 12.5. The summed E-state index contributed by atoms with van der Waals surface area (Å²) < 4.78 is 7.41. The van der Waals surface area contributed by atoms with Crippen LogP contribution < -0.4 is 10.1 Å². The third-order valence-corrected chi connectivity index (χ3v) is 4.42. The van der Waals surface area contributed by atoms with E-state index in [9.17, 15) is 4.79 Å². The van der Waals surface area contributed by atoms with Crippen molar-refractivity contribution >= 4 is 5.91 Å². The van der Waals surface area contributed by atoms with Crippen molar-refractivity contribution in [2.45, 2.75) is 39.0 Å². The first kappa shape index (κ1) is 17.3. The summed E-state index contributed by atoms with van der Waals surface area (Å²) in [7, 11) is 2.10. The first-order chi connectivity index (χ1) is 12.2. The van der Waals surface area contributed by atoms with E-state index in [1.165, 1.54) is 0 Å². The van der Waals surface area contributed by atoms with Crippen molar-refractivity contribution in [2.75, 3.05) is 20.1 Å². The molecule has 0 unspecified atom stereocenters. The van der Waals surface area contributed by atoms with Crippen molar-refractivity contribution in [3.8, 4) is 5.75 Å². The average Bonchev–Trinajstić information content (AvgIpc) is 3.10. The zero-order valence-corrected chi connectivity index (χ0v) is 14.7. The lowest BCUT2D eigenvalue weighted by atomic mass is 10.0. The minimum absolute atomic E-state index is 0.0570. The Morgan fingerprint density at radius 3 is 2.92 bits per heavy atom. The fraction of sp³-hybridized carbons (Fsp3) is 0.529. The molecule has 1 N–H and O–H groups in total. The molecule has 0 spiro atoms. The highest BCUT2D eigenvalue weighted by Crippen LogP contribution is 2.16. The number of nitrogens with zero attached hydrogens (tertiary/aromatic N) is 5. The van der Waals surface area contributed by atoms with E-state index in [0.717, 1.165) is 25.9 Å². The first-order valence-corrected chi connectivity index (χ1v) is 8.63. The van der Waals surface area contributed by atoms with Gasteiger partial charge in [-0.1, -0.05) is 6.07 Å². The Kier molecular flexibility index (Phi) is 5.60. The van der Waals surface area contributed by atoms with E-state index in [0.29, 0.717) is 23.7 Å². The summed E-state index contributed by atoms with van der Waals surface area (Å²) in [4.78, 5) is 14.7. The summed E-state index contributed by atoms with van der Waals surface area (Å²) in [5, 5.41) is 14.6. The summed E-state index contributed by atoms with van der Waals surface area (Å²) in [6.45, 7) is 4.94. The fourth-order valence-electron chi connectivity index (χ4n) is 2.87. The van der Waals surface area contributed by atoms with Gasteiger partial charge in [0.1, 0.15) is 12.4 Å². The minimum Gasteiger partial charge on any atom is -0.486 e. The number of carbonyl (C=O) groups excluding carboxylic acids is 1. The number of hydrogen-bond acceptors (Lipinski definition) is 6. The molecule has 1 aromatic heterocycles. The molecule has 25 heavy (non-hydrogen) atoms. The van der Waals surface area contributed by atoms with Crippen molar-refractivity contribution in [1.29, 1.82) is 0 Å². The highest BCUT2D eigenvalue weighted by Gasteiger charge is 2.19. The normalized spacial score (nSPS) is 15.9. The molecule has 8 nitrogen and oxygen atoms in total. The van der Waals surface area contributed by atoms with Crippen LogP contribution in [-0.2, 0) is 13.2 Å². The lowest BCUT2D eigenvalue weighted by Gasteiger charge is -2.29. The second kappa shape index (κ2) is 8.06. The number of piperidine rings is 1. The molecule has 1 fully saturated rings. The number of likely N-dealkylation sites (tertiary alicyclic amines) is 1. The maximum atomic E-state index is 12.5. The van der Waals surface area contributed by atoms with Crippen molar-refractivity contribution in [1.82, 2.24) is 30.4 Å². The van der Waals surface area contributed by atoms with E-state index >= 15 is 0 Å². The Bertz CT molecular complexity index is 709. The van der Waals surface area contributed by atoms with Gasteiger partial charge in [-0.25, -0.2) is 4.68 Å². The number of carbonyl (C=O) groups is 1. The molecule has 1 amide bonds. The van der Waals surface area contributed by atoms with E-state index in [1.807, 2.05) is 19.1 Å². The Hall–Kier alpha value is -2.48. The first-order valence-electron chi connectivity index (χ1n) is 8.63. The predicted molar refractivity (Wildman–Crippen MR) is 92.3 cm³/mol. The number of aromatic nitrogens is 4. The Morgan fingerprint density at radius 2 is 2.16 bits per heavy atom. The van der Waals surface area contributed by atoms with Crippen molar-refractivity contribution in [3.05, 3.63) is 35.7 Å². The van der Waals surface area contributed by atoms with Crippen LogP contribution in [0.15, 0.2) is 24.3 Å². The number of rotatable bonds is 6. The molecule has 0 saturated carbocycles. The SMILES string of the molecule is CCn1nnnc1COc1cccc(C(=O)NC2CCN(C)CC2)c1. The Morgan fingerprint density at radius 1 is 1.36 bits per heavy atom. The van der Waals surface area contributed by atoms with E-state index < -0.39 is 0 Å². The molecule has 0 bridgehead atoms. The minimum atomic E-state index is -0.0570. The van der Waals surface area contributed by atoms with Gasteiger partial charge in [-0.05, 0) is 68.5 Å². The Labute approximate surface area is 147 Å². The zero-order valence-electron chi connectivity index (χ0n) is 14.7. The van der Waals surface area contributed by atoms with Crippen LogP contribution in [0.25, 0.3) is 0 Å². The van der Waals surface area contributed by atoms with E-state index in [1.54, 1.807) is 16.8 Å². The second-order valence-corrected chi connectivity index (χ2v) is 6.28. The third-order valence-electron chi connectivity index (χ3n) is 4.42. The molecule has 134 valence electrons. The third kappa shape index (κ3) is 4.54. The van der Waals surface area contributed by atoms with Crippen LogP contribution in [0.5, 0.6) is 5.75 Å². The molecule has 0 aliphatic carbocycles. The molecule has 0 atom stereocenters. The molecule has 1 aliphatic rings. The number of amides is 1. The van der Waals surface area contributed by atoms with Gasteiger partial charge in [0, 0.05) is 18.2 Å². The van der Waals surface area contributed by atoms with Gasteiger partial charge in [0.15, 0.2) is 5.82 Å². The monoisotopic (exact) mass is 344 g/mol. The predicted octanol–water partition coefficient (Wildman–Crippen LogP) is 1.10. The summed E-state index contributed by atoms with van der Waals surface area (Å²) in [6.07, 6.45) is 1.97. The van der Waals surface area contributed by atoms with Crippen LogP contribution in [0, 0.1) is 0 Å². The van der Waals surface area contributed by atoms with Gasteiger partial charge in [-0.3, -0.25) is 4.79 Å². The van der Waals surface area contributed by atoms with Gasteiger partial charge >= 0.3 is 0 Å². The highest BCUT2D eigenvalue weighted by molar-refractivity contribution is 5.94. The molecule has 1 aromatic carbocycles. The zero-order chi connectivity index (χ0) is 17.6. The molecule has 3 rings (SSSR count). The Balaban J connectivity index is 1.58. The van der Waals surface area contributed by atoms with E-state index in [-0.39, 0.29) is 18.6 Å². The van der Waals surface area contributed by atoms with Gasteiger partial charge in [0.05, 0.1) is 0 Å². The molecule has 2 aromatic rings. The van der Waals surface area contributed by atoms with Crippen molar-refractivity contribution < 1.29 is 9.53 Å². The highest BCUT2D eigenvalue weighted by atomic mass is 16.5. The average molecular weight is 344 g/mol. The molecule has 1 aliphatic heterocycles. The quantitative estimate of drug-likeness (QED) is 0.844. The number of tetrazole rings is 1. The lowest BCUT2D eigenvalue weighted by molar-refractivity contribution is 0.0916. The number of hydrogen-bond donors (Lipinski definition) is 1. The summed E-state index contributed by atoms with van der Waals surface area (Å²) in [5.41, 5.74) is 0.603. The van der Waals surface area contributed by atoms with Gasteiger partial charge in [0.25, 0.3) is 5.91 Å². The molecule has 1 saturated heterocycles. The van der Waals surface area contributed by atoms with Crippen LogP contribution in [0.3, 0.4) is 0 Å². The van der Waals surface area contributed by atoms with Gasteiger partial charge in [-0.2, -0.15) is 0 Å². The topological polar surface area (TPSA) is 85.2 Å². The molecule has 8 heteroatoms. The smallest absolute Gasteiger partial charge is 0.251 e. The molecule has 2 heterocycles. The van der Waals surface area contributed by atoms with Crippen LogP contribution in [-0.4, -0.2) is 57.2 Å². The fourth-order valence-corrected chi connectivity index (χ4v) is 2.87. The van der Waals surface area contributed by atoms with Crippen LogP contribution >= 0.6 is 0 Å². The van der Waals surface area contributed by atoms with Gasteiger partial charge in [0.2, 0.25) is 0 Å².